The van der Waals surface area contributed by atoms with Gasteiger partial charge in [0.2, 0.25) is 0 Å². The van der Waals surface area contributed by atoms with Gasteiger partial charge in [0, 0.05) is 12.1 Å². The average molecular weight is 506 g/mol. The Labute approximate surface area is 220 Å². The molecule has 0 radical (unpaired) electrons. The largest absolute Gasteiger partial charge is 0.324 e. The smallest absolute Gasteiger partial charge is 0.266 e. The van der Waals surface area contributed by atoms with Gasteiger partial charge in [-0.1, -0.05) is 67.6 Å². The van der Waals surface area contributed by atoms with E-state index in [9.17, 15) is 14.0 Å². The molecule has 0 aliphatic rings. The lowest BCUT2D eigenvalue weighted by Gasteiger charge is -2.31. The van der Waals surface area contributed by atoms with E-state index in [2.05, 4.69) is 6.92 Å². The number of rotatable bonds is 7. The fourth-order valence-corrected chi connectivity index (χ4v) is 4.65. The zero-order chi connectivity index (χ0) is 26.6. The molecular formula is C32H28FN3O2. The van der Waals surface area contributed by atoms with Crippen LogP contribution in [0.4, 0.5) is 4.39 Å². The molecule has 5 rings (SSSR count). The van der Waals surface area contributed by atoms with Crippen molar-refractivity contribution in [1.29, 1.82) is 0 Å². The number of fused-ring (bicyclic) bond motifs is 1. The molecule has 0 fully saturated rings. The van der Waals surface area contributed by atoms with Crippen LogP contribution in [0.25, 0.3) is 16.6 Å². The molecule has 4 aromatic carbocycles. The normalized spacial score (nSPS) is 11.9. The van der Waals surface area contributed by atoms with E-state index in [1.54, 1.807) is 27.7 Å². The van der Waals surface area contributed by atoms with Crippen molar-refractivity contribution >= 4 is 16.8 Å². The second kappa shape index (κ2) is 10.8. The van der Waals surface area contributed by atoms with Gasteiger partial charge >= 0.3 is 0 Å². The molecule has 0 saturated heterocycles. The number of carbonyl (C=O) groups is 1. The molecule has 1 unspecified atom stereocenters. The molecule has 1 aromatic heterocycles. The first-order valence-electron chi connectivity index (χ1n) is 12.7. The minimum Gasteiger partial charge on any atom is -0.324 e. The summed E-state index contributed by atoms with van der Waals surface area (Å²) in [7, 11) is 0. The second-order valence-electron chi connectivity index (χ2n) is 9.25. The Bertz CT molecular complexity index is 1650. The van der Waals surface area contributed by atoms with Gasteiger partial charge in [-0.25, -0.2) is 9.37 Å². The Morgan fingerprint density at radius 3 is 2.32 bits per heavy atom. The number of para-hydroxylation sites is 1. The molecule has 5 aromatic rings. The molecule has 38 heavy (non-hydrogen) atoms. The molecular weight excluding hydrogens is 477 g/mol. The molecule has 1 atom stereocenters. The van der Waals surface area contributed by atoms with Gasteiger partial charge < -0.3 is 4.90 Å². The van der Waals surface area contributed by atoms with Crippen LogP contribution in [0.5, 0.6) is 0 Å². The molecule has 1 amide bonds. The zero-order valence-corrected chi connectivity index (χ0v) is 21.3. The maximum atomic E-state index is 14.1. The Kier molecular flexibility index (Phi) is 7.13. The minimum absolute atomic E-state index is 0.209. The molecule has 0 aliphatic heterocycles. The number of halogens is 1. The van der Waals surface area contributed by atoms with Crippen LogP contribution >= 0.6 is 0 Å². The fourth-order valence-electron chi connectivity index (χ4n) is 4.65. The Morgan fingerprint density at radius 1 is 0.895 bits per heavy atom. The van der Waals surface area contributed by atoms with Crippen molar-refractivity contribution in [2.45, 2.75) is 32.9 Å². The summed E-state index contributed by atoms with van der Waals surface area (Å²) >= 11 is 0. The zero-order valence-electron chi connectivity index (χ0n) is 21.3. The van der Waals surface area contributed by atoms with Gasteiger partial charge in [-0.2, -0.15) is 0 Å². The SMILES string of the molecule is CCc1ccc(-n2c(C(C)N(Cc3ccccc3)C(=O)c3cccc(F)c3)nc3ccccc3c2=O)cc1. The molecule has 0 N–H and O–H groups in total. The first kappa shape index (κ1) is 25.1. The van der Waals surface area contributed by atoms with Crippen LogP contribution in [0.3, 0.4) is 0 Å². The van der Waals surface area contributed by atoms with Crippen LogP contribution < -0.4 is 5.56 Å². The van der Waals surface area contributed by atoms with Gasteiger partial charge in [-0.05, 0) is 66.9 Å². The van der Waals surface area contributed by atoms with E-state index in [1.165, 1.54) is 18.2 Å². The molecule has 1 heterocycles. The van der Waals surface area contributed by atoms with Crippen molar-refractivity contribution in [3.8, 4) is 5.69 Å². The Morgan fingerprint density at radius 2 is 1.61 bits per heavy atom. The van der Waals surface area contributed by atoms with Gasteiger partial charge in [0.1, 0.15) is 11.6 Å². The van der Waals surface area contributed by atoms with Crippen LogP contribution in [-0.4, -0.2) is 20.4 Å². The summed E-state index contributed by atoms with van der Waals surface area (Å²) in [4.78, 5) is 34.2. The number of aryl methyl sites for hydroxylation is 1. The van der Waals surface area contributed by atoms with Crippen molar-refractivity contribution in [1.82, 2.24) is 14.5 Å². The van der Waals surface area contributed by atoms with E-state index in [1.807, 2.05) is 73.7 Å². The van der Waals surface area contributed by atoms with E-state index >= 15 is 0 Å². The topological polar surface area (TPSA) is 55.2 Å². The highest BCUT2D eigenvalue weighted by Gasteiger charge is 2.28. The van der Waals surface area contributed by atoms with Crippen LogP contribution in [-0.2, 0) is 13.0 Å². The lowest BCUT2D eigenvalue weighted by atomic mass is 10.1. The third kappa shape index (κ3) is 4.98. The molecule has 0 bridgehead atoms. The molecule has 190 valence electrons. The predicted octanol–water partition coefficient (Wildman–Crippen LogP) is 6.49. The lowest BCUT2D eigenvalue weighted by molar-refractivity contribution is 0.0663. The van der Waals surface area contributed by atoms with E-state index in [0.29, 0.717) is 22.4 Å². The molecule has 0 spiro atoms. The summed E-state index contributed by atoms with van der Waals surface area (Å²) in [5, 5.41) is 0.495. The van der Waals surface area contributed by atoms with Crippen LogP contribution in [0.2, 0.25) is 0 Å². The quantitative estimate of drug-likeness (QED) is 0.254. The Balaban J connectivity index is 1.69. The highest BCUT2D eigenvalue weighted by atomic mass is 19.1. The number of nitrogens with zero attached hydrogens (tertiary/aromatic N) is 3. The number of amides is 1. The first-order chi connectivity index (χ1) is 18.5. The number of hydrogen-bond donors (Lipinski definition) is 0. The third-order valence-electron chi connectivity index (χ3n) is 6.77. The van der Waals surface area contributed by atoms with Crippen LogP contribution in [0, 0.1) is 5.82 Å². The lowest BCUT2D eigenvalue weighted by Crippen LogP contribution is -2.37. The van der Waals surface area contributed by atoms with Crippen LogP contribution in [0.15, 0.2) is 108 Å². The number of aromatic nitrogens is 2. The van der Waals surface area contributed by atoms with E-state index in [-0.39, 0.29) is 23.6 Å². The van der Waals surface area contributed by atoms with Gasteiger partial charge in [0.15, 0.2) is 0 Å². The minimum atomic E-state index is -0.617. The summed E-state index contributed by atoms with van der Waals surface area (Å²) in [5.74, 6) is -0.408. The molecule has 0 aliphatic carbocycles. The molecule has 6 heteroatoms. The monoisotopic (exact) mass is 505 g/mol. The summed E-state index contributed by atoms with van der Waals surface area (Å²) in [6, 6.07) is 29.6. The Hall–Kier alpha value is -4.58. The van der Waals surface area contributed by atoms with Gasteiger partial charge in [-0.3, -0.25) is 14.2 Å². The predicted molar refractivity (Wildman–Crippen MR) is 148 cm³/mol. The van der Waals surface area contributed by atoms with Crippen molar-refractivity contribution in [2.75, 3.05) is 0 Å². The average Bonchev–Trinajstić information content (AvgIpc) is 2.96. The summed E-state index contributed by atoms with van der Waals surface area (Å²) < 4.78 is 15.7. The maximum absolute atomic E-state index is 14.1. The first-order valence-corrected chi connectivity index (χ1v) is 12.7. The highest BCUT2D eigenvalue weighted by Crippen LogP contribution is 2.27. The summed E-state index contributed by atoms with van der Waals surface area (Å²) in [6.07, 6.45) is 0.876. The summed E-state index contributed by atoms with van der Waals surface area (Å²) in [5.41, 5.74) is 3.31. The fraction of sp³-hybridized carbons (Fsp3) is 0.156. The summed E-state index contributed by atoms with van der Waals surface area (Å²) in [6.45, 7) is 4.19. The number of hydrogen-bond acceptors (Lipinski definition) is 3. The second-order valence-corrected chi connectivity index (χ2v) is 9.25. The van der Waals surface area contributed by atoms with E-state index in [4.69, 9.17) is 4.98 Å². The molecule has 0 saturated carbocycles. The van der Waals surface area contributed by atoms with E-state index < -0.39 is 11.9 Å². The highest BCUT2D eigenvalue weighted by molar-refractivity contribution is 5.94. The van der Waals surface area contributed by atoms with E-state index in [0.717, 1.165) is 17.5 Å². The van der Waals surface area contributed by atoms with Crippen LogP contribution in [0.1, 0.15) is 47.2 Å². The molecule has 5 nitrogen and oxygen atoms in total. The van der Waals surface area contributed by atoms with Crippen molar-refractivity contribution in [3.63, 3.8) is 0 Å². The maximum Gasteiger partial charge on any atom is 0.266 e. The van der Waals surface area contributed by atoms with Crippen molar-refractivity contribution in [2.24, 2.45) is 0 Å². The number of benzene rings is 4. The van der Waals surface area contributed by atoms with Crippen molar-refractivity contribution < 1.29 is 9.18 Å². The standard InChI is InChI=1S/C32H28FN3O2/c1-3-23-16-18-27(19-17-23)36-30(34-29-15-8-7-14-28(29)32(36)38)22(2)35(21-24-10-5-4-6-11-24)31(37)25-12-9-13-26(33)20-25/h4-20,22H,3,21H2,1-2H3. The van der Waals surface area contributed by atoms with Gasteiger partial charge in [0.25, 0.3) is 11.5 Å². The number of carbonyl (C=O) groups excluding carboxylic acids is 1. The van der Waals surface area contributed by atoms with Crippen molar-refractivity contribution in [3.05, 3.63) is 142 Å². The van der Waals surface area contributed by atoms with Gasteiger partial charge in [0.05, 0.1) is 22.6 Å². The van der Waals surface area contributed by atoms with Gasteiger partial charge in [-0.15, -0.1) is 0 Å². The third-order valence-corrected chi connectivity index (χ3v) is 6.77.